The summed E-state index contributed by atoms with van der Waals surface area (Å²) in [6.07, 6.45) is 0. The lowest BCUT2D eigenvalue weighted by molar-refractivity contribution is 0.0696. The van der Waals surface area contributed by atoms with Gasteiger partial charge in [-0.2, -0.15) is 0 Å². The molecule has 1 heterocycles. The first kappa shape index (κ1) is 14.6. The number of amides is 2. The number of carbonyl (C=O) groups excluding carboxylic acids is 3. The molecular weight excluding hydrogens is 298 g/mol. The minimum absolute atomic E-state index is 0.0568. The average molecular weight is 309 g/mol. The van der Waals surface area contributed by atoms with Crippen molar-refractivity contribution in [2.45, 2.75) is 6.92 Å². The first-order valence-corrected chi connectivity index (χ1v) is 6.77. The van der Waals surface area contributed by atoms with Crippen LogP contribution in [0.1, 0.15) is 48.4 Å². The molecule has 0 fully saturated rings. The number of carboxylic acid groups (broad SMARTS) is 1. The van der Waals surface area contributed by atoms with Crippen LogP contribution >= 0.6 is 0 Å². The number of hydrogen-bond donors (Lipinski definition) is 1. The summed E-state index contributed by atoms with van der Waals surface area (Å²) < 4.78 is 0. The molecule has 0 unspecified atom stereocenters. The molecule has 0 radical (unpaired) electrons. The normalized spacial score (nSPS) is 13.2. The lowest BCUT2D eigenvalue weighted by Crippen LogP contribution is -2.29. The molecule has 2 aromatic rings. The monoisotopic (exact) mass is 309 g/mol. The molecule has 114 valence electrons. The minimum Gasteiger partial charge on any atom is -0.478 e. The number of hydrogen-bond acceptors (Lipinski definition) is 4. The molecule has 1 aliphatic rings. The number of rotatable bonds is 3. The number of Topliss-reactive ketones (excluding diaryl/α,β-unsaturated/α-hetero) is 1. The minimum atomic E-state index is -1.17. The van der Waals surface area contributed by atoms with Crippen molar-refractivity contribution >= 4 is 29.3 Å². The topological polar surface area (TPSA) is 91.8 Å². The molecular formula is C17H11NO5. The lowest BCUT2D eigenvalue weighted by atomic mass is 10.1. The van der Waals surface area contributed by atoms with Crippen LogP contribution in [-0.2, 0) is 0 Å². The summed E-state index contributed by atoms with van der Waals surface area (Å²) in [6.45, 7) is 1.42. The van der Waals surface area contributed by atoms with Crippen LogP contribution in [0.3, 0.4) is 0 Å². The SMILES string of the molecule is CC(=O)c1ccc(N2C(=O)c3ccc(C(=O)O)cc3C2=O)cc1. The number of carboxylic acids is 1. The third kappa shape index (κ3) is 2.30. The van der Waals surface area contributed by atoms with E-state index >= 15 is 0 Å². The molecule has 0 saturated heterocycles. The number of carbonyl (C=O) groups is 4. The first-order valence-electron chi connectivity index (χ1n) is 6.77. The van der Waals surface area contributed by atoms with Crippen molar-refractivity contribution in [3.8, 4) is 0 Å². The van der Waals surface area contributed by atoms with E-state index in [1.165, 1.54) is 49.4 Å². The van der Waals surface area contributed by atoms with Gasteiger partial charge < -0.3 is 5.11 Å². The van der Waals surface area contributed by atoms with Gasteiger partial charge in [0.1, 0.15) is 0 Å². The van der Waals surface area contributed by atoms with Gasteiger partial charge in [0, 0.05) is 5.56 Å². The van der Waals surface area contributed by atoms with Crippen molar-refractivity contribution in [3.05, 3.63) is 64.7 Å². The fourth-order valence-corrected chi connectivity index (χ4v) is 2.45. The summed E-state index contributed by atoms with van der Waals surface area (Å²) >= 11 is 0. The van der Waals surface area contributed by atoms with E-state index in [1.807, 2.05) is 0 Å². The van der Waals surface area contributed by atoms with Crippen LogP contribution in [0, 0.1) is 0 Å². The molecule has 1 aliphatic heterocycles. The molecule has 0 saturated carbocycles. The second-order valence-electron chi connectivity index (χ2n) is 5.11. The van der Waals surface area contributed by atoms with E-state index in [4.69, 9.17) is 5.11 Å². The van der Waals surface area contributed by atoms with Gasteiger partial charge in [-0.1, -0.05) is 0 Å². The standard InChI is InChI=1S/C17H11NO5/c1-9(19)10-2-5-12(6-3-10)18-15(20)13-7-4-11(17(22)23)8-14(13)16(18)21/h2-8H,1H3,(H,22,23). The summed E-state index contributed by atoms with van der Waals surface area (Å²) in [5.74, 6) is -2.39. The van der Waals surface area contributed by atoms with Crippen molar-refractivity contribution in [2.24, 2.45) is 0 Å². The van der Waals surface area contributed by atoms with Crippen LogP contribution in [-0.4, -0.2) is 28.7 Å². The molecule has 23 heavy (non-hydrogen) atoms. The zero-order valence-electron chi connectivity index (χ0n) is 12.1. The Morgan fingerprint density at radius 1 is 0.870 bits per heavy atom. The number of benzene rings is 2. The maximum Gasteiger partial charge on any atom is 0.335 e. The van der Waals surface area contributed by atoms with Crippen molar-refractivity contribution in [3.63, 3.8) is 0 Å². The highest BCUT2D eigenvalue weighted by atomic mass is 16.4. The zero-order chi connectivity index (χ0) is 16.7. The molecule has 0 atom stereocenters. The third-order valence-corrected chi connectivity index (χ3v) is 3.67. The zero-order valence-corrected chi connectivity index (χ0v) is 12.1. The van der Waals surface area contributed by atoms with Gasteiger partial charge in [0.15, 0.2) is 5.78 Å². The number of fused-ring (bicyclic) bond motifs is 1. The van der Waals surface area contributed by atoms with Crippen LogP contribution in [0.5, 0.6) is 0 Å². The summed E-state index contributed by atoms with van der Waals surface area (Å²) in [5.41, 5.74) is 0.969. The van der Waals surface area contributed by atoms with Gasteiger partial charge in [0.05, 0.1) is 22.4 Å². The lowest BCUT2D eigenvalue weighted by Gasteiger charge is -2.13. The Kier molecular flexibility index (Phi) is 3.29. The van der Waals surface area contributed by atoms with E-state index in [0.29, 0.717) is 11.3 Å². The Bertz CT molecular complexity index is 867. The Morgan fingerprint density at radius 3 is 2.00 bits per heavy atom. The number of nitrogens with zero attached hydrogens (tertiary/aromatic N) is 1. The van der Waals surface area contributed by atoms with E-state index in [2.05, 4.69) is 0 Å². The van der Waals surface area contributed by atoms with E-state index < -0.39 is 17.8 Å². The van der Waals surface area contributed by atoms with Gasteiger partial charge in [-0.3, -0.25) is 14.4 Å². The summed E-state index contributed by atoms with van der Waals surface area (Å²) in [5, 5.41) is 8.99. The largest absolute Gasteiger partial charge is 0.478 e. The molecule has 1 N–H and O–H groups in total. The van der Waals surface area contributed by atoms with Gasteiger partial charge in [-0.05, 0) is 49.4 Å². The molecule has 2 aromatic carbocycles. The second-order valence-corrected chi connectivity index (χ2v) is 5.11. The maximum atomic E-state index is 12.4. The molecule has 6 heteroatoms. The fraction of sp³-hybridized carbons (Fsp3) is 0.0588. The Labute approximate surface area is 131 Å². The molecule has 6 nitrogen and oxygen atoms in total. The second kappa shape index (κ2) is 5.17. The van der Waals surface area contributed by atoms with Crippen molar-refractivity contribution in [1.82, 2.24) is 0 Å². The number of imide groups is 1. The van der Waals surface area contributed by atoms with Gasteiger partial charge >= 0.3 is 5.97 Å². The fourth-order valence-electron chi connectivity index (χ4n) is 2.45. The van der Waals surface area contributed by atoms with Crippen LogP contribution in [0.4, 0.5) is 5.69 Å². The van der Waals surface area contributed by atoms with Crippen molar-refractivity contribution in [1.29, 1.82) is 0 Å². The summed E-state index contributed by atoms with van der Waals surface area (Å²) in [4.78, 5) is 48.1. The predicted octanol–water partition coefficient (Wildman–Crippen LogP) is 2.39. The maximum absolute atomic E-state index is 12.4. The highest BCUT2D eigenvalue weighted by Crippen LogP contribution is 2.29. The Morgan fingerprint density at radius 2 is 1.43 bits per heavy atom. The molecule has 0 bridgehead atoms. The smallest absolute Gasteiger partial charge is 0.335 e. The van der Waals surface area contributed by atoms with Gasteiger partial charge in [0.2, 0.25) is 0 Å². The first-order chi connectivity index (χ1) is 10.9. The Hall–Kier alpha value is -3.28. The van der Waals surface area contributed by atoms with Crippen LogP contribution in [0.25, 0.3) is 0 Å². The summed E-state index contributed by atoms with van der Waals surface area (Å²) in [7, 11) is 0. The summed E-state index contributed by atoms with van der Waals surface area (Å²) in [6, 6.07) is 9.90. The van der Waals surface area contributed by atoms with E-state index in [9.17, 15) is 19.2 Å². The molecule has 0 aromatic heterocycles. The van der Waals surface area contributed by atoms with Crippen LogP contribution < -0.4 is 4.90 Å². The third-order valence-electron chi connectivity index (χ3n) is 3.67. The molecule has 2 amide bonds. The number of anilines is 1. The highest BCUT2D eigenvalue weighted by Gasteiger charge is 2.37. The Balaban J connectivity index is 2.02. The number of ketones is 1. The van der Waals surface area contributed by atoms with E-state index in [1.54, 1.807) is 0 Å². The highest BCUT2D eigenvalue weighted by molar-refractivity contribution is 6.34. The van der Waals surface area contributed by atoms with E-state index in [0.717, 1.165) is 4.90 Å². The molecule has 3 rings (SSSR count). The molecule has 0 spiro atoms. The van der Waals surface area contributed by atoms with Crippen LogP contribution in [0.2, 0.25) is 0 Å². The molecule has 0 aliphatic carbocycles. The van der Waals surface area contributed by atoms with E-state index in [-0.39, 0.29) is 22.5 Å². The average Bonchev–Trinajstić information content (AvgIpc) is 2.78. The van der Waals surface area contributed by atoms with Gasteiger partial charge in [0.25, 0.3) is 11.8 Å². The quantitative estimate of drug-likeness (QED) is 0.694. The van der Waals surface area contributed by atoms with Crippen LogP contribution in [0.15, 0.2) is 42.5 Å². The van der Waals surface area contributed by atoms with Crippen molar-refractivity contribution in [2.75, 3.05) is 4.90 Å². The predicted molar refractivity (Wildman–Crippen MR) is 81.0 cm³/mol. The van der Waals surface area contributed by atoms with Gasteiger partial charge in [-0.15, -0.1) is 0 Å². The number of aromatic carboxylic acids is 1. The van der Waals surface area contributed by atoms with Gasteiger partial charge in [-0.25, -0.2) is 9.69 Å². The van der Waals surface area contributed by atoms with Crippen molar-refractivity contribution < 1.29 is 24.3 Å².